The van der Waals surface area contributed by atoms with Crippen molar-refractivity contribution in [2.45, 2.75) is 58.1 Å². The van der Waals surface area contributed by atoms with E-state index >= 15 is 0 Å². The van der Waals surface area contributed by atoms with Gasteiger partial charge in [0, 0.05) is 60.1 Å². The van der Waals surface area contributed by atoms with Gasteiger partial charge in [-0.2, -0.15) is 11.8 Å². The van der Waals surface area contributed by atoms with Crippen molar-refractivity contribution in [1.29, 1.82) is 0 Å². The van der Waals surface area contributed by atoms with E-state index in [1.165, 1.54) is 17.7 Å². The van der Waals surface area contributed by atoms with Crippen molar-refractivity contribution >= 4 is 29.7 Å². The standard InChI is InChI=1S/C31H43NO7S/c1-22-25(29(36)23(2)28(30(22)37)31(3,4)20-27(35)39-17-8-15-33)12-13-26(34)32-14-18-38-16-9-19-40-21-24-10-6-5-7-11-24/h5-7,10-13,33,36-37H,8-9,14-21H2,1-4H3,(H,32,34). The van der Waals surface area contributed by atoms with Crippen molar-refractivity contribution in [2.75, 3.05) is 38.7 Å². The Morgan fingerprint density at radius 3 is 2.42 bits per heavy atom. The fourth-order valence-corrected chi connectivity index (χ4v) is 5.26. The van der Waals surface area contributed by atoms with Crippen LogP contribution in [0.3, 0.4) is 0 Å². The fourth-order valence-electron chi connectivity index (χ4n) is 4.37. The van der Waals surface area contributed by atoms with Crippen LogP contribution in [-0.2, 0) is 30.2 Å². The first-order valence-corrected chi connectivity index (χ1v) is 14.7. The molecule has 220 valence electrons. The number of hydrogen-bond acceptors (Lipinski definition) is 8. The summed E-state index contributed by atoms with van der Waals surface area (Å²) >= 11 is 1.87. The topological polar surface area (TPSA) is 125 Å². The smallest absolute Gasteiger partial charge is 0.306 e. The normalized spacial score (nSPS) is 11.6. The molecular weight excluding hydrogens is 530 g/mol. The molecule has 2 rings (SSSR count). The number of thioether (sulfide) groups is 1. The molecule has 0 aromatic heterocycles. The van der Waals surface area contributed by atoms with Crippen LogP contribution in [0, 0.1) is 13.8 Å². The third-order valence-corrected chi connectivity index (χ3v) is 7.56. The van der Waals surface area contributed by atoms with Gasteiger partial charge in [0.1, 0.15) is 11.5 Å². The summed E-state index contributed by atoms with van der Waals surface area (Å²) in [5.41, 5.74) is 2.08. The highest BCUT2D eigenvalue weighted by Gasteiger charge is 2.32. The summed E-state index contributed by atoms with van der Waals surface area (Å²) in [7, 11) is 0. The Kier molecular flexibility index (Phi) is 14.1. The number of phenolic OH excluding ortho intramolecular Hbond substituents is 2. The lowest BCUT2D eigenvalue weighted by molar-refractivity contribution is -0.145. The van der Waals surface area contributed by atoms with Crippen molar-refractivity contribution < 1.29 is 34.4 Å². The minimum Gasteiger partial charge on any atom is -0.507 e. The lowest BCUT2D eigenvalue weighted by Gasteiger charge is -2.29. The van der Waals surface area contributed by atoms with Gasteiger partial charge in [0.2, 0.25) is 5.91 Å². The number of aliphatic hydroxyl groups excluding tert-OH is 1. The van der Waals surface area contributed by atoms with E-state index in [0.29, 0.717) is 48.4 Å². The molecule has 0 heterocycles. The predicted molar refractivity (Wildman–Crippen MR) is 160 cm³/mol. The van der Waals surface area contributed by atoms with Crippen LogP contribution in [-0.4, -0.2) is 65.9 Å². The maximum atomic E-state index is 12.3. The molecule has 1 amide bonds. The van der Waals surface area contributed by atoms with Gasteiger partial charge in [0.05, 0.1) is 19.6 Å². The number of phenols is 2. The number of aromatic hydroxyl groups is 2. The number of benzene rings is 2. The van der Waals surface area contributed by atoms with E-state index in [9.17, 15) is 19.8 Å². The molecule has 0 aliphatic heterocycles. The van der Waals surface area contributed by atoms with Crippen molar-refractivity contribution in [1.82, 2.24) is 5.32 Å². The van der Waals surface area contributed by atoms with Gasteiger partial charge < -0.3 is 30.1 Å². The van der Waals surface area contributed by atoms with E-state index in [4.69, 9.17) is 14.6 Å². The average molecular weight is 574 g/mol. The van der Waals surface area contributed by atoms with Crippen LogP contribution in [0.25, 0.3) is 6.08 Å². The van der Waals surface area contributed by atoms with E-state index in [0.717, 1.165) is 17.9 Å². The highest BCUT2D eigenvalue weighted by molar-refractivity contribution is 7.98. The minimum absolute atomic E-state index is 0.0160. The van der Waals surface area contributed by atoms with Gasteiger partial charge in [0.15, 0.2) is 0 Å². The monoisotopic (exact) mass is 573 g/mol. The second-order valence-corrected chi connectivity index (χ2v) is 11.3. The average Bonchev–Trinajstić information content (AvgIpc) is 2.91. The fraction of sp³-hybridized carbons (Fsp3) is 0.484. The quantitative estimate of drug-likeness (QED) is 0.0923. The van der Waals surface area contributed by atoms with Gasteiger partial charge in [-0.1, -0.05) is 44.2 Å². The Hall–Kier alpha value is -3.01. The highest BCUT2D eigenvalue weighted by Crippen LogP contribution is 2.44. The number of aliphatic hydroxyl groups is 1. The number of carbonyl (C=O) groups excluding carboxylic acids is 2. The number of ether oxygens (including phenoxy) is 2. The predicted octanol–water partition coefficient (Wildman–Crippen LogP) is 4.78. The van der Waals surface area contributed by atoms with Crippen molar-refractivity contribution in [3.8, 4) is 11.5 Å². The zero-order valence-electron chi connectivity index (χ0n) is 24.0. The molecule has 0 radical (unpaired) electrons. The summed E-state index contributed by atoms with van der Waals surface area (Å²) in [6.45, 7) is 8.33. The largest absolute Gasteiger partial charge is 0.507 e. The van der Waals surface area contributed by atoms with E-state index in [1.54, 1.807) is 27.7 Å². The van der Waals surface area contributed by atoms with Crippen molar-refractivity contribution in [3.05, 3.63) is 64.2 Å². The minimum atomic E-state index is -0.826. The van der Waals surface area contributed by atoms with Crippen molar-refractivity contribution in [3.63, 3.8) is 0 Å². The van der Waals surface area contributed by atoms with Crippen LogP contribution < -0.4 is 5.32 Å². The molecule has 0 spiro atoms. The second-order valence-electron chi connectivity index (χ2n) is 10.2. The number of rotatable bonds is 17. The summed E-state index contributed by atoms with van der Waals surface area (Å²) < 4.78 is 10.7. The molecule has 0 aliphatic rings. The summed E-state index contributed by atoms with van der Waals surface area (Å²) in [4.78, 5) is 24.6. The Bertz CT molecular complexity index is 1100. The van der Waals surface area contributed by atoms with Crippen LogP contribution >= 0.6 is 11.8 Å². The molecule has 2 aromatic carbocycles. The molecule has 8 nitrogen and oxygen atoms in total. The molecule has 0 saturated heterocycles. The van der Waals surface area contributed by atoms with Gasteiger partial charge in [0.25, 0.3) is 0 Å². The number of nitrogens with one attached hydrogen (secondary N) is 1. The first-order chi connectivity index (χ1) is 19.1. The SMILES string of the molecule is Cc1c(O)c(C(C)(C)CC(=O)OCCCO)c(C)c(O)c1C=CC(=O)NCCOCCCSCc1ccccc1. The van der Waals surface area contributed by atoms with Gasteiger partial charge in [-0.25, -0.2) is 0 Å². The van der Waals surface area contributed by atoms with Crippen LogP contribution in [0.5, 0.6) is 11.5 Å². The molecule has 4 N–H and O–H groups in total. The first-order valence-electron chi connectivity index (χ1n) is 13.6. The Labute approximate surface area is 241 Å². The van der Waals surface area contributed by atoms with E-state index in [1.807, 2.05) is 30.0 Å². The molecule has 40 heavy (non-hydrogen) atoms. The van der Waals surface area contributed by atoms with Gasteiger partial charge >= 0.3 is 5.97 Å². The molecule has 0 atom stereocenters. The third kappa shape index (κ3) is 10.5. The molecule has 0 unspecified atom stereocenters. The summed E-state index contributed by atoms with van der Waals surface area (Å²) in [5.74, 6) is 1.08. The number of amides is 1. The first kappa shape index (κ1) is 33.2. The Morgan fingerprint density at radius 2 is 1.73 bits per heavy atom. The molecule has 0 aliphatic carbocycles. The highest BCUT2D eigenvalue weighted by atomic mass is 32.2. The van der Waals surface area contributed by atoms with Crippen LogP contribution in [0.2, 0.25) is 0 Å². The van der Waals surface area contributed by atoms with Crippen LogP contribution in [0.1, 0.15) is 60.9 Å². The lowest BCUT2D eigenvalue weighted by atomic mass is 9.76. The molecule has 0 saturated carbocycles. The molecule has 9 heteroatoms. The molecule has 2 aromatic rings. The second kappa shape index (κ2) is 16.9. The van der Waals surface area contributed by atoms with Gasteiger partial charge in [-0.05, 0) is 43.2 Å². The third-order valence-electron chi connectivity index (χ3n) is 6.45. The Morgan fingerprint density at radius 1 is 1.00 bits per heavy atom. The maximum Gasteiger partial charge on any atom is 0.306 e. The number of esters is 1. The van der Waals surface area contributed by atoms with E-state index < -0.39 is 11.4 Å². The van der Waals surface area contributed by atoms with Crippen LogP contribution in [0.4, 0.5) is 0 Å². The zero-order valence-corrected chi connectivity index (χ0v) is 24.8. The summed E-state index contributed by atoms with van der Waals surface area (Å²) in [6, 6.07) is 10.3. The van der Waals surface area contributed by atoms with E-state index in [-0.39, 0.29) is 37.0 Å². The van der Waals surface area contributed by atoms with Crippen molar-refractivity contribution in [2.24, 2.45) is 0 Å². The number of hydrogen-bond donors (Lipinski definition) is 4. The zero-order chi connectivity index (χ0) is 29.5. The maximum absolute atomic E-state index is 12.3. The van der Waals surface area contributed by atoms with Gasteiger partial charge in [-0.15, -0.1) is 0 Å². The number of carbonyl (C=O) groups is 2. The summed E-state index contributed by atoms with van der Waals surface area (Å²) in [5, 5.41) is 33.5. The Balaban J connectivity index is 1.83. The van der Waals surface area contributed by atoms with Crippen LogP contribution in [0.15, 0.2) is 36.4 Å². The molecule has 0 bridgehead atoms. The van der Waals surface area contributed by atoms with E-state index in [2.05, 4.69) is 17.4 Å². The molecule has 0 fully saturated rings. The molecular formula is C31H43NO7S. The van der Waals surface area contributed by atoms with Gasteiger partial charge in [-0.3, -0.25) is 9.59 Å². The lowest BCUT2D eigenvalue weighted by Crippen LogP contribution is -2.25. The summed E-state index contributed by atoms with van der Waals surface area (Å²) in [6.07, 6.45) is 4.05.